The van der Waals surface area contributed by atoms with E-state index in [1.165, 1.54) is 19.3 Å². The molecule has 0 aromatic heterocycles. The largest absolute Gasteiger partial charge is 0.393 e. The molecule has 0 aromatic rings. The van der Waals surface area contributed by atoms with Gasteiger partial charge in [-0.05, 0) is 54.3 Å². The van der Waals surface area contributed by atoms with Gasteiger partial charge in [-0.1, -0.05) is 20.8 Å². The van der Waals surface area contributed by atoms with Gasteiger partial charge < -0.3 is 5.11 Å². The first-order valence-electron chi connectivity index (χ1n) is 6.14. The molecule has 3 rings (SSSR count). The van der Waals surface area contributed by atoms with Crippen LogP contribution in [-0.2, 0) is 0 Å². The Morgan fingerprint density at radius 1 is 1.07 bits per heavy atom. The summed E-state index contributed by atoms with van der Waals surface area (Å²) in [5.74, 6) is 2.94. The molecular weight excluding hydrogens is 172 g/mol. The van der Waals surface area contributed by atoms with E-state index in [1.54, 1.807) is 0 Å². The van der Waals surface area contributed by atoms with E-state index < -0.39 is 0 Å². The summed E-state index contributed by atoms with van der Waals surface area (Å²) in [7, 11) is 0. The van der Waals surface area contributed by atoms with E-state index >= 15 is 0 Å². The lowest BCUT2D eigenvalue weighted by molar-refractivity contribution is -0.0294. The molecule has 3 aliphatic rings. The standard InChI is InChI=1S/C13H22O/c1-12(2)5-4-8(6-11(12)14)13(3)9-7-10(9)13/h8-11,14H,4-7H2,1-3H3. The highest BCUT2D eigenvalue weighted by molar-refractivity contribution is 5.23. The van der Waals surface area contributed by atoms with Crippen LogP contribution in [0.5, 0.6) is 0 Å². The van der Waals surface area contributed by atoms with E-state index in [0.717, 1.165) is 24.2 Å². The van der Waals surface area contributed by atoms with Gasteiger partial charge in [0.15, 0.2) is 0 Å². The van der Waals surface area contributed by atoms with Gasteiger partial charge in [-0.15, -0.1) is 0 Å². The average Bonchev–Trinajstić information content (AvgIpc) is 2.97. The number of fused-ring (bicyclic) bond motifs is 1. The van der Waals surface area contributed by atoms with Crippen molar-refractivity contribution in [3.63, 3.8) is 0 Å². The highest BCUT2D eigenvalue weighted by Crippen LogP contribution is 2.81. The predicted molar refractivity (Wildman–Crippen MR) is 56.8 cm³/mol. The van der Waals surface area contributed by atoms with Crippen molar-refractivity contribution in [1.29, 1.82) is 0 Å². The lowest BCUT2D eigenvalue weighted by Crippen LogP contribution is -2.39. The van der Waals surface area contributed by atoms with Crippen LogP contribution in [-0.4, -0.2) is 11.2 Å². The van der Waals surface area contributed by atoms with Gasteiger partial charge in [0.1, 0.15) is 0 Å². The Hall–Kier alpha value is -0.0400. The molecular formula is C13H22O. The van der Waals surface area contributed by atoms with Crippen LogP contribution >= 0.6 is 0 Å². The lowest BCUT2D eigenvalue weighted by Gasteiger charge is -2.43. The first kappa shape index (κ1) is 9.21. The summed E-state index contributed by atoms with van der Waals surface area (Å²) < 4.78 is 0. The molecule has 0 aromatic carbocycles. The SMILES string of the molecule is CC1(C)CCC(C2(C)C3CC32)CC1O. The smallest absolute Gasteiger partial charge is 0.0594 e. The molecule has 3 saturated carbocycles. The van der Waals surface area contributed by atoms with Gasteiger partial charge in [0.05, 0.1) is 6.10 Å². The van der Waals surface area contributed by atoms with Crippen molar-refractivity contribution in [3.05, 3.63) is 0 Å². The molecule has 3 aliphatic carbocycles. The van der Waals surface area contributed by atoms with Crippen molar-refractivity contribution < 1.29 is 5.11 Å². The summed E-state index contributed by atoms with van der Waals surface area (Å²) >= 11 is 0. The van der Waals surface area contributed by atoms with E-state index in [9.17, 15) is 5.11 Å². The van der Waals surface area contributed by atoms with Crippen LogP contribution in [0.3, 0.4) is 0 Å². The summed E-state index contributed by atoms with van der Waals surface area (Å²) in [5.41, 5.74) is 0.837. The van der Waals surface area contributed by atoms with Gasteiger partial charge in [-0.3, -0.25) is 0 Å². The summed E-state index contributed by atoms with van der Waals surface area (Å²) in [6.07, 6.45) is 5.07. The van der Waals surface area contributed by atoms with Crippen molar-refractivity contribution in [1.82, 2.24) is 0 Å². The third-order valence-electron chi connectivity index (χ3n) is 5.71. The second-order valence-electron chi connectivity index (χ2n) is 6.79. The molecule has 0 aliphatic heterocycles. The topological polar surface area (TPSA) is 20.2 Å². The highest BCUT2D eigenvalue weighted by Gasteiger charge is 2.75. The highest BCUT2D eigenvalue weighted by atomic mass is 16.3. The Morgan fingerprint density at radius 2 is 1.71 bits per heavy atom. The third-order valence-corrected chi connectivity index (χ3v) is 5.71. The van der Waals surface area contributed by atoms with E-state index in [1.807, 2.05) is 0 Å². The van der Waals surface area contributed by atoms with Crippen molar-refractivity contribution in [3.8, 4) is 0 Å². The van der Waals surface area contributed by atoms with Crippen LogP contribution in [0.4, 0.5) is 0 Å². The molecule has 1 N–H and O–H groups in total. The van der Waals surface area contributed by atoms with Crippen molar-refractivity contribution in [2.45, 2.75) is 52.6 Å². The Bertz CT molecular complexity index is 260. The van der Waals surface area contributed by atoms with E-state index in [-0.39, 0.29) is 11.5 Å². The van der Waals surface area contributed by atoms with Gasteiger partial charge in [0, 0.05) is 0 Å². The molecule has 4 unspecified atom stereocenters. The molecule has 0 bridgehead atoms. The summed E-state index contributed by atoms with van der Waals surface area (Å²) in [6, 6.07) is 0. The zero-order chi connectivity index (χ0) is 10.1. The second-order valence-corrected chi connectivity index (χ2v) is 6.79. The molecule has 4 atom stereocenters. The fraction of sp³-hybridized carbons (Fsp3) is 1.00. The monoisotopic (exact) mass is 194 g/mol. The van der Waals surface area contributed by atoms with Crippen LogP contribution in [0, 0.1) is 28.6 Å². The van der Waals surface area contributed by atoms with Crippen LogP contribution < -0.4 is 0 Å². The molecule has 1 heteroatoms. The number of hydrogen-bond acceptors (Lipinski definition) is 1. The molecule has 0 spiro atoms. The number of aliphatic hydroxyl groups is 1. The first-order valence-corrected chi connectivity index (χ1v) is 6.14. The van der Waals surface area contributed by atoms with Crippen molar-refractivity contribution in [2.75, 3.05) is 0 Å². The first-order chi connectivity index (χ1) is 6.46. The van der Waals surface area contributed by atoms with Gasteiger partial charge >= 0.3 is 0 Å². The Morgan fingerprint density at radius 3 is 2.14 bits per heavy atom. The summed E-state index contributed by atoms with van der Waals surface area (Å²) in [5, 5.41) is 10.1. The fourth-order valence-electron chi connectivity index (χ4n) is 3.85. The fourth-order valence-corrected chi connectivity index (χ4v) is 3.85. The van der Waals surface area contributed by atoms with Crippen LogP contribution in [0.1, 0.15) is 46.5 Å². The third kappa shape index (κ3) is 0.997. The zero-order valence-electron chi connectivity index (χ0n) is 9.59. The second kappa shape index (κ2) is 2.37. The molecule has 0 heterocycles. The molecule has 80 valence electrons. The minimum atomic E-state index is -0.0573. The number of hydrogen-bond donors (Lipinski definition) is 1. The predicted octanol–water partition coefficient (Wildman–Crippen LogP) is 2.83. The van der Waals surface area contributed by atoms with Gasteiger partial charge in [-0.25, -0.2) is 0 Å². The van der Waals surface area contributed by atoms with E-state index in [4.69, 9.17) is 0 Å². The molecule has 1 nitrogen and oxygen atoms in total. The summed E-state index contributed by atoms with van der Waals surface area (Å²) in [4.78, 5) is 0. The minimum Gasteiger partial charge on any atom is -0.393 e. The lowest BCUT2D eigenvalue weighted by atomic mass is 9.65. The number of rotatable bonds is 1. The van der Waals surface area contributed by atoms with E-state index in [2.05, 4.69) is 20.8 Å². The molecule has 0 radical (unpaired) electrons. The van der Waals surface area contributed by atoms with E-state index in [0.29, 0.717) is 5.41 Å². The maximum Gasteiger partial charge on any atom is 0.0594 e. The van der Waals surface area contributed by atoms with Crippen molar-refractivity contribution in [2.24, 2.45) is 28.6 Å². The van der Waals surface area contributed by atoms with Gasteiger partial charge in [-0.2, -0.15) is 0 Å². The normalized spacial score (nSPS) is 59.1. The van der Waals surface area contributed by atoms with Gasteiger partial charge in [0.25, 0.3) is 0 Å². The van der Waals surface area contributed by atoms with Crippen LogP contribution in [0.15, 0.2) is 0 Å². The number of aliphatic hydroxyl groups excluding tert-OH is 1. The maximum atomic E-state index is 10.1. The Balaban J connectivity index is 1.69. The average molecular weight is 194 g/mol. The molecule has 0 amide bonds. The van der Waals surface area contributed by atoms with Gasteiger partial charge in [0.2, 0.25) is 0 Å². The minimum absolute atomic E-state index is 0.0573. The Labute approximate surface area is 86.9 Å². The molecule has 3 fully saturated rings. The maximum absolute atomic E-state index is 10.1. The quantitative estimate of drug-likeness (QED) is 0.680. The van der Waals surface area contributed by atoms with Crippen molar-refractivity contribution >= 4 is 0 Å². The zero-order valence-corrected chi connectivity index (χ0v) is 9.59. The molecule has 0 saturated heterocycles. The summed E-state index contributed by atoms with van der Waals surface area (Å²) in [6.45, 7) is 6.88. The van der Waals surface area contributed by atoms with Crippen LogP contribution in [0.25, 0.3) is 0 Å². The Kier molecular flexibility index (Phi) is 1.56. The molecule has 14 heavy (non-hydrogen) atoms. The van der Waals surface area contributed by atoms with Crippen LogP contribution in [0.2, 0.25) is 0 Å².